The number of hydrogen-bond donors (Lipinski definition) is 3. The van der Waals surface area contributed by atoms with Gasteiger partial charge in [0.15, 0.2) is 18.7 Å². The Labute approximate surface area is 202 Å². The van der Waals surface area contributed by atoms with Gasteiger partial charge in [0, 0.05) is 24.8 Å². The van der Waals surface area contributed by atoms with E-state index in [1.165, 1.54) is 12.1 Å². The number of ketones is 2. The highest BCUT2D eigenvalue weighted by atomic mass is 16.7. The fourth-order valence-electron chi connectivity index (χ4n) is 3.18. The summed E-state index contributed by atoms with van der Waals surface area (Å²) < 4.78 is 21.2. The molecule has 9 heteroatoms. The minimum atomic E-state index is -1.67. The molecule has 184 valence electrons. The van der Waals surface area contributed by atoms with E-state index in [0.29, 0.717) is 19.0 Å². The van der Waals surface area contributed by atoms with Gasteiger partial charge in [0.2, 0.25) is 5.78 Å². The fraction of sp³-hybridized carbons (Fsp3) is 0.231. The summed E-state index contributed by atoms with van der Waals surface area (Å²) in [5.41, 5.74) is 0.346. The minimum absolute atomic E-state index is 0.00262. The van der Waals surface area contributed by atoms with Crippen LogP contribution in [0.15, 0.2) is 66.7 Å². The molecule has 0 bridgehead atoms. The van der Waals surface area contributed by atoms with Crippen LogP contribution in [0.1, 0.15) is 26.3 Å². The number of phenols is 3. The molecule has 0 aliphatic heterocycles. The lowest BCUT2D eigenvalue weighted by Crippen LogP contribution is -2.33. The zero-order valence-corrected chi connectivity index (χ0v) is 19.0. The second-order valence-corrected chi connectivity index (χ2v) is 7.45. The van der Waals surface area contributed by atoms with Crippen molar-refractivity contribution in [1.29, 1.82) is 0 Å². The van der Waals surface area contributed by atoms with Crippen LogP contribution in [0.5, 0.6) is 23.0 Å². The Morgan fingerprint density at radius 1 is 0.857 bits per heavy atom. The zero-order valence-electron chi connectivity index (χ0n) is 19.0. The van der Waals surface area contributed by atoms with E-state index in [4.69, 9.17) is 18.9 Å². The first-order valence-corrected chi connectivity index (χ1v) is 10.7. The summed E-state index contributed by atoms with van der Waals surface area (Å²) in [6.07, 6.45) is -1.67. The molecule has 3 aromatic carbocycles. The van der Waals surface area contributed by atoms with Gasteiger partial charge in [-0.1, -0.05) is 30.3 Å². The predicted octanol–water partition coefficient (Wildman–Crippen LogP) is 3.45. The molecule has 9 nitrogen and oxygen atoms in total. The average Bonchev–Trinajstić information content (AvgIpc) is 2.84. The largest absolute Gasteiger partial charge is 0.508 e. The first kappa shape index (κ1) is 25.7. The van der Waals surface area contributed by atoms with Crippen molar-refractivity contribution in [2.24, 2.45) is 0 Å². The maximum atomic E-state index is 13.3. The van der Waals surface area contributed by atoms with Crippen LogP contribution >= 0.6 is 0 Å². The van der Waals surface area contributed by atoms with Crippen LogP contribution in [-0.2, 0) is 20.8 Å². The molecule has 3 N–H and O–H groups in total. The van der Waals surface area contributed by atoms with E-state index in [1.807, 2.05) is 6.07 Å². The Balaban J connectivity index is 1.80. The average molecular weight is 482 g/mol. The Kier molecular flexibility index (Phi) is 9.19. The van der Waals surface area contributed by atoms with Crippen LogP contribution in [0, 0.1) is 0 Å². The van der Waals surface area contributed by atoms with Crippen LogP contribution in [0.2, 0.25) is 0 Å². The van der Waals surface area contributed by atoms with Gasteiger partial charge < -0.3 is 34.3 Å². The third kappa shape index (κ3) is 7.03. The molecule has 0 spiro atoms. The molecule has 1 atom stereocenters. The molecule has 0 aliphatic rings. The molecule has 3 rings (SSSR count). The molecule has 1 unspecified atom stereocenters. The summed E-state index contributed by atoms with van der Waals surface area (Å²) in [6, 6.07) is 16.7. The maximum Gasteiger partial charge on any atom is 0.207 e. The number of methoxy groups -OCH3 is 1. The van der Waals surface area contributed by atoms with E-state index in [-0.39, 0.29) is 19.0 Å². The third-order valence-electron chi connectivity index (χ3n) is 4.94. The van der Waals surface area contributed by atoms with E-state index in [9.17, 15) is 24.9 Å². The van der Waals surface area contributed by atoms with E-state index < -0.39 is 40.5 Å². The molecule has 0 aromatic heterocycles. The van der Waals surface area contributed by atoms with Gasteiger partial charge in [0.1, 0.15) is 28.6 Å². The van der Waals surface area contributed by atoms with Crippen LogP contribution in [0.4, 0.5) is 0 Å². The summed E-state index contributed by atoms with van der Waals surface area (Å²) in [5, 5.41) is 29.9. The van der Waals surface area contributed by atoms with Crippen molar-refractivity contribution in [3.63, 3.8) is 0 Å². The van der Waals surface area contributed by atoms with Crippen molar-refractivity contribution in [1.82, 2.24) is 0 Å². The SMILES string of the molecule is COCCOCOc1ccc(C(=O)C(OCc2ccccc2)C(=O)c2c(O)cc(O)cc2O)cc1. The van der Waals surface area contributed by atoms with Gasteiger partial charge in [0.25, 0.3) is 0 Å². The first-order valence-electron chi connectivity index (χ1n) is 10.7. The van der Waals surface area contributed by atoms with Gasteiger partial charge in [-0.25, -0.2) is 0 Å². The van der Waals surface area contributed by atoms with Crippen molar-refractivity contribution < 1.29 is 43.9 Å². The Morgan fingerprint density at radius 2 is 1.51 bits per heavy atom. The molecule has 0 amide bonds. The molecule has 3 aromatic rings. The van der Waals surface area contributed by atoms with Gasteiger partial charge in [0.05, 0.1) is 19.8 Å². The highest BCUT2D eigenvalue weighted by Gasteiger charge is 2.33. The van der Waals surface area contributed by atoms with E-state index in [0.717, 1.165) is 17.7 Å². The van der Waals surface area contributed by atoms with E-state index in [1.54, 1.807) is 43.5 Å². The number of carbonyl (C=O) groups is 2. The molecular formula is C26H26O9. The minimum Gasteiger partial charge on any atom is -0.508 e. The molecule has 0 saturated carbocycles. The molecule has 0 aliphatic carbocycles. The van der Waals surface area contributed by atoms with Gasteiger partial charge in [-0.15, -0.1) is 0 Å². The monoisotopic (exact) mass is 482 g/mol. The second kappa shape index (κ2) is 12.5. The highest BCUT2D eigenvalue weighted by Crippen LogP contribution is 2.34. The van der Waals surface area contributed by atoms with Crippen LogP contribution in [-0.4, -0.2) is 60.1 Å². The molecule has 0 fully saturated rings. The van der Waals surface area contributed by atoms with E-state index >= 15 is 0 Å². The number of phenolic OH excluding ortho intramolecular Hbond substituents is 3. The molecule has 0 saturated heterocycles. The second-order valence-electron chi connectivity index (χ2n) is 7.45. The smallest absolute Gasteiger partial charge is 0.207 e. The number of rotatable bonds is 13. The van der Waals surface area contributed by atoms with Crippen molar-refractivity contribution in [3.05, 3.63) is 83.4 Å². The predicted molar refractivity (Wildman–Crippen MR) is 125 cm³/mol. The topological polar surface area (TPSA) is 132 Å². The maximum absolute atomic E-state index is 13.3. The first-order chi connectivity index (χ1) is 16.9. The molecule has 35 heavy (non-hydrogen) atoms. The molecule has 0 heterocycles. The Bertz CT molecular complexity index is 1100. The van der Waals surface area contributed by atoms with Gasteiger partial charge >= 0.3 is 0 Å². The van der Waals surface area contributed by atoms with Gasteiger partial charge in [-0.3, -0.25) is 9.59 Å². The summed E-state index contributed by atoms with van der Waals surface area (Å²) in [7, 11) is 1.56. The number of carbonyl (C=O) groups excluding carboxylic acids is 2. The van der Waals surface area contributed by atoms with Gasteiger partial charge in [-0.2, -0.15) is 0 Å². The highest BCUT2D eigenvalue weighted by molar-refractivity contribution is 6.20. The van der Waals surface area contributed by atoms with Crippen molar-refractivity contribution in [3.8, 4) is 23.0 Å². The summed E-state index contributed by atoms with van der Waals surface area (Å²) in [5.74, 6) is -2.97. The third-order valence-corrected chi connectivity index (χ3v) is 4.94. The Hall–Kier alpha value is -3.92. The van der Waals surface area contributed by atoms with Gasteiger partial charge in [-0.05, 0) is 29.8 Å². The summed E-state index contributed by atoms with van der Waals surface area (Å²) in [4.78, 5) is 26.5. The lowest BCUT2D eigenvalue weighted by Gasteiger charge is -2.18. The number of hydrogen-bond acceptors (Lipinski definition) is 9. The number of aromatic hydroxyl groups is 3. The number of Topliss-reactive ketones (excluding diaryl/α,β-unsaturated/α-hetero) is 2. The Morgan fingerprint density at radius 3 is 2.14 bits per heavy atom. The lowest BCUT2D eigenvalue weighted by atomic mass is 9.97. The van der Waals surface area contributed by atoms with Crippen LogP contribution in [0.25, 0.3) is 0 Å². The van der Waals surface area contributed by atoms with Crippen molar-refractivity contribution in [2.45, 2.75) is 12.7 Å². The summed E-state index contributed by atoms with van der Waals surface area (Å²) >= 11 is 0. The normalized spacial score (nSPS) is 11.7. The quantitative estimate of drug-likeness (QED) is 0.145. The summed E-state index contributed by atoms with van der Waals surface area (Å²) in [6.45, 7) is 0.730. The van der Waals surface area contributed by atoms with Crippen molar-refractivity contribution >= 4 is 11.6 Å². The van der Waals surface area contributed by atoms with Crippen LogP contribution < -0.4 is 4.74 Å². The van der Waals surface area contributed by atoms with Crippen molar-refractivity contribution in [2.75, 3.05) is 27.1 Å². The standard InChI is InChI=1S/C26H26O9/c1-32-11-12-33-16-35-20-9-7-18(8-10-20)24(30)26(34-15-17-5-3-2-4-6-17)25(31)23-21(28)13-19(27)14-22(23)29/h2-10,13-14,26-29H,11-12,15-16H2,1H3. The molecular weight excluding hydrogens is 456 g/mol. The van der Waals surface area contributed by atoms with E-state index in [2.05, 4.69) is 0 Å². The number of ether oxygens (including phenoxy) is 4. The van der Waals surface area contributed by atoms with Crippen LogP contribution in [0.3, 0.4) is 0 Å². The lowest BCUT2D eigenvalue weighted by molar-refractivity contribution is -0.00847. The number of benzene rings is 3. The zero-order chi connectivity index (χ0) is 25.2. The fourth-order valence-corrected chi connectivity index (χ4v) is 3.18. The molecule has 0 radical (unpaired) electrons.